The van der Waals surface area contributed by atoms with Gasteiger partial charge in [-0.1, -0.05) is 0 Å². The summed E-state index contributed by atoms with van der Waals surface area (Å²) in [4.78, 5) is 10.8. The molecule has 1 aromatic rings. The zero-order valence-corrected chi connectivity index (χ0v) is 9.18. The van der Waals surface area contributed by atoms with E-state index in [1.54, 1.807) is 13.0 Å². The van der Waals surface area contributed by atoms with E-state index in [0.29, 0.717) is 24.5 Å². The number of aromatic nitrogens is 1. The third-order valence-corrected chi connectivity index (χ3v) is 2.92. The molecular weight excluding hydrogens is 210 g/mol. The van der Waals surface area contributed by atoms with Crippen molar-refractivity contribution in [2.24, 2.45) is 5.92 Å². The molecule has 1 heterocycles. The minimum absolute atomic E-state index is 0.0695. The summed E-state index contributed by atoms with van der Waals surface area (Å²) in [6, 6.07) is 1.74. The first-order valence-electron chi connectivity index (χ1n) is 5.48. The predicted octanol–water partition coefficient (Wildman–Crippen LogP) is 2.01. The van der Waals surface area contributed by atoms with Crippen LogP contribution in [0.15, 0.2) is 10.6 Å². The number of hydrogen-bond acceptors (Lipinski definition) is 4. The summed E-state index contributed by atoms with van der Waals surface area (Å²) in [6.07, 6.45) is 2.96. The average Bonchev–Trinajstić information content (AvgIpc) is 2.65. The highest BCUT2D eigenvalue weighted by atomic mass is 16.5. The van der Waals surface area contributed by atoms with Gasteiger partial charge < -0.3 is 14.4 Å². The normalized spacial score (nSPS) is 25.3. The van der Waals surface area contributed by atoms with Crippen LogP contribution in [0.5, 0.6) is 5.88 Å². The van der Waals surface area contributed by atoms with Crippen molar-refractivity contribution in [1.29, 1.82) is 0 Å². The monoisotopic (exact) mass is 225 g/mol. The maximum absolute atomic E-state index is 10.8. The molecule has 0 aliphatic heterocycles. The van der Waals surface area contributed by atoms with Gasteiger partial charge in [-0.05, 0) is 37.8 Å². The van der Waals surface area contributed by atoms with Gasteiger partial charge in [0.15, 0.2) is 0 Å². The quantitative estimate of drug-likeness (QED) is 0.851. The van der Waals surface area contributed by atoms with Crippen LogP contribution in [0.3, 0.4) is 0 Å². The first-order valence-corrected chi connectivity index (χ1v) is 5.48. The van der Waals surface area contributed by atoms with Gasteiger partial charge >= 0.3 is 5.97 Å². The fourth-order valence-electron chi connectivity index (χ4n) is 2.00. The van der Waals surface area contributed by atoms with Gasteiger partial charge in [0.2, 0.25) is 0 Å². The van der Waals surface area contributed by atoms with Crippen molar-refractivity contribution >= 4 is 5.97 Å². The standard InChI is InChI=1S/C11H15NO4/c1-7-6-10(12-16-7)15-9-4-2-8(3-5-9)11(13)14/h6,8-9H,2-5H2,1H3,(H,13,14). The summed E-state index contributed by atoms with van der Waals surface area (Å²) < 4.78 is 10.5. The smallest absolute Gasteiger partial charge is 0.306 e. The number of carboxylic acids is 1. The third kappa shape index (κ3) is 2.53. The molecule has 5 heteroatoms. The predicted molar refractivity (Wildman–Crippen MR) is 55.2 cm³/mol. The van der Waals surface area contributed by atoms with Crippen LogP contribution in [-0.2, 0) is 4.79 Å². The van der Waals surface area contributed by atoms with Crippen LogP contribution < -0.4 is 4.74 Å². The third-order valence-electron chi connectivity index (χ3n) is 2.92. The lowest BCUT2D eigenvalue weighted by atomic mass is 9.87. The fourth-order valence-corrected chi connectivity index (χ4v) is 2.00. The minimum Gasteiger partial charge on any atom is -0.481 e. The Morgan fingerprint density at radius 1 is 1.50 bits per heavy atom. The van der Waals surface area contributed by atoms with Crippen molar-refractivity contribution in [3.8, 4) is 5.88 Å². The molecule has 0 bridgehead atoms. The van der Waals surface area contributed by atoms with E-state index in [1.165, 1.54) is 0 Å². The number of carboxylic acid groups (broad SMARTS) is 1. The average molecular weight is 225 g/mol. The second-order valence-corrected chi connectivity index (χ2v) is 4.21. The van der Waals surface area contributed by atoms with Crippen molar-refractivity contribution < 1.29 is 19.2 Å². The van der Waals surface area contributed by atoms with E-state index in [2.05, 4.69) is 5.16 Å². The van der Waals surface area contributed by atoms with Gasteiger partial charge in [-0.3, -0.25) is 4.79 Å². The van der Waals surface area contributed by atoms with Crippen LogP contribution >= 0.6 is 0 Å². The fraction of sp³-hybridized carbons (Fsp3) is 0.636. The molecule has 0 unspecified atom stereocenters. The van der Waals surface area contributed by atoms with Gasteiger partial charge in [0.05, 0.1) is 5.92 Å². The molecule has 1 aromatic heterocycles. The minimum atomic E-state index is -0.698. The Morgan fingerprint density at radius 2 is 2.19 bits per heavy atom. The molecular formula is C11H15NO4. The molecule has 0 radical (unpaired) electrons. The second kappa shape index (κ2) is 4.55. The number of rotatable bonds is 3. The van der Waals surface area contributed by atoms with E-state index in [1.807, 2.05) is 0 Å². The molecule has 1 fully saturated rings. The van der Waals surface area contributed by atoms with E-state index < -0.39 is 5.97 Å². The maximum atomic E-state index is 10.8. The Hall–Kier alpha value is -1.52. The summed E-state index contributed by atoms with van der Waals surface area (Å²) in [5, 5.41) is 12.6. The van der Waals surface area contributed by atoms with E-state index in [9.17, 15) is 4.79 Å². The summed E-state index contributed by atoms with van der Waals surface area (Å²) in [7, 11) is 0. The molecule has 1 N–H and O–H groups in total. The molecule has 1 saturated carbocycles. The Morgan fingerprint density at radius 3 is 2.69 bits per heavy atom. The Balaban J connectivity index is 1.83. The number of aryl methyl sites for hydroxylation is 1. The van der Waals surface area contributed by atoms with Gasteiger partial charge in [-0.2, -0.15) is 0 Å². The van der Waals surface area contributed by atoms with Crippen molar-refractivity contribution in [3.05, 3.63) is 11.8 Å². The molecule has 5 nitrogen and oxygen atoms in total. The van der Waals surface area contributed by atoms with Crippen molar-refractivity contribution in [1.82, 2.24) is 5.16 Å². The molecule has 16 heavy (non-hydrogen) atoms. The van der Waals surface area contributed by atoms with Gasteiger partial charge in [-0.15, -0.1) is 0 Å². The maximum Gasteiger partial charge on any atom is 0.306 e. The lowest BCUT2D eigenvalue weighted by molar-refractivity contribution is -0.143. The van der Waals surface area contributed by atoms with Gasteiger partial charge in [0, 0.05) is 6.07 Å². The zero-order valence-electron chi connectivity index (χ0n) is 9.18. The van der Waals surface area contributed by atoms with Crippen molar-refractivity contribution in [2.75, 3.05) is 0 Å². The first kappa shape index (κ1) is 11.0. The molecule has 0 spiro atoms. The number of aliphatic carboxylic acids is 1. The summed E-state index contributed by atoms with van der Waals surface area (Å²) in [5.74, 6) is 0.306. The number of nitrogens with zero attached hydrogens (tertiary/aromatic N) is 1. The van der Waals surface area contributed by atoms with Crippen LogP contribution in [0.4, 0.5) is 0 Å². The second-order valence-electron chi connectivity index (χ2n) is 4.21. The SMILES string of the molecule is Cc1cc(OC2CCC(C(=O)O)CC2)no1. The van der Waals surface area contributed by atoms with Gasteiger partial charge in [0.1, 0.15) is 11.9 Å². The lowest BCUT2D eigenvalue weighted by Gasteiger charge is -2.25. The molecule has 2 rings (SSSR count). The number of ether oxygens (including phenoxy) is 1. The highest BCUT2D eigenvalue weighted by molar-refractivity contribution is 5.70. The molecule has 1 aliphatic carbocycles. The molecule has 0 aromatic carbocycles. The van der Waals surface area contributed by atoms with Crippen LogP contribution in [0.25, 0.3) is 0 Å². The summed E-state index contributed by atoms with van der Waals surface area (Å²) in [5.41, 5.74) is 0. The van der Waals surface area contributed by atoms with Gasteiger partial charge in [0.25, 0.3) is 5.88 Å². The van der Waals surface area contributed by atoms with Crippen molar-refractivity contribution in [3.63, 3.8) is 0 Å². The Bertz CT molecular complexity index is 366. The van der Waals surface area contributed by atoms with Crippen LogP contribution in [0, 0.1) is 12.8 Å². The van der Waals surface area contributed by atoms with E-state index in [-0.39, 0.29) is 12.0 Å². The van der Waals surface area contributed by atoms with Crippen LogP contribution in [-0.4, -0.2) is 22.3 Å². The zero-order chi connectivity index (χ0) is 11.5. The first-order chi connectivity index (χ1) is 7.65. The van der Waals surface area contributed by atoms with Crippen LogP contribution in [0.1, 0.15) is 31.4 Å². The van der Waals surface area contributed by atoms with Crippen molar-refractivity contribution in [2.45, 2.75) is 38.7 Å². The highest BCUT2D eigenvalue weighted by Crippen LogP contribution is 2.27. The van der Waals surface area contributed by atoms with Crippen LogP contribution in [0.2, 0.25) is 0 Å². The topological polar surface area (TPSA) is 72.6 Å². The molecule has 0 saturated heterocycles. The van der Waals surface area contributed by atoms with E-state index >= 15 is 0 Å². The van der Waals surface area contributed by atoms with Gasteiger partial charge in [-0.25, -0.2) is 0 Å². The number of hydrogen-bond donors (Lipinski definition) is 1. The summed E-state index contributed by atoms with van der Waals surface area (Å²) in [6.45, 7) is 1.81. The highest BCUT2D eigenvalue weighted by Gasteiger charge is 2.27. The Labute approximate surface area is 93.4 Å². The summed E-state index contributed by atoms with van der Waals surface area (Å²) >= 11 is 0. The number of carbonyl (C=O) groups is 1. The molecule has 0 amide bonds. The van der Waals surface area contributed by atoms with E-state index in [4.69, 9.17) is 14.4 Å². The lowest BCUT2D eigenvalue weighted by Crippen LogP contribution is -2.27. The molecule has 1 aliphatic rings. The largest absolute Gasteiger partial charge is 0.481 e. The van der Waals surface area contributed by atoms with E-state index in [0.717, 1.165) is 12.8 Å². The molecule has 88 valence electrons. The Kier molecular flexibility index (Phi) is 3.12. The molecule has 0 atom stereocenters.